The number of carbonyl (C=O) groups excluding carboxylic acids is 1. The molecular formula is C13H22N2O4. The number of nitrogens with one attached hydrogen (secondary N) is 2. The molecule has 108 valence electrons. The zero-order valence-electron chi connectivity index (χ0n) is 11.2. The van der Waals surface area contributed by atoms with Gasteiger partial charge in [0.1, 0.15) is 0 Å². The molecule has 2 rings (SSSR count). The minimum atomic E-state index is -0.811. The maximum Gasteiger partial charge on any atom is 0.308 e. The zero-order chi connectivity index (χ0) is 13.8. The molecule has 19 heavy (non-hydrogen) atoms. The molecule has 0 aromatic heterocycles. The summed E-state index contributed by atoms with van der Waals surface area (Å²) < 4.78 is 5.34. The molecule has 1 saturated carbocycles. The topological polar surface area (TPSA) is 87.7 Å². The van der Waals surface area contributed by atoms with E-state index in [1.807, 2.05) is 6.92 Å². The molecule has 1 heterocycles. The molecule has 3 N–H and O–H groups in total. The summed E-state index contributed by atoms with van der Waals surface area (Å²) in [6.07, 6.45) is 2.26. The molecule has 4 unspecified atom stereocenters. The molecule has 1 aliphatic carbocycles. The molecule has 0 spiro atoms. The Bertz CT molecular complexity index is 348. The second-order valence-corrected chi connectivity index (χ2v) is 5.30. The van der Waals surface area contributed by atoms with Crippen LogP contribution in [-0.2, 0) is 14.3 Å². The number of carbonyl (C=O) groups is 2. The van der Waals surface area contributed by atoms with Crippen LogP contribution in [0.3, 0.4) is 0 Å². The van der Waals surface area contributed by atoms with E-state index in [2.05, 4.69) is 10.6 Å². The summed E-state index contributed by atoms with van der Waals surface area (Å²) in [6, 6.07) is -0.192. The molecule has 0 aromatic carbocycles. The maximum absolute atomic E-state index is 12.2. The van der Waals surface area contributed by atoms with Gasteiger partial charge in [-0.25, -0.2) is 0 Å². The number of amides is 1. The van der Waals surface area contributed by atoms with Crippen molar-refractivity contribution in [3.8, 4) is 0 Å². The van der Waals surface area contributed by atoms with E-state index in [0.29, 0.717) is 19.6 Å². The van der Waals surface area contributed by atoms with Gasteiger partial charge in [0.2, 0.25) is 5.91 Å². The molecule has 1 aliphatic heterocycles. The fourth-order valence-electron chi connectivity index (χ4n) is 2.99. The van der Waals surface area contributed by atoms with Crippen LogP contribution >= 0.6 is 0 Å². The molecule has 0 aromatic rings. The van der Waals surface area contributed by atoms with Crippen molar-refractivity contribution in [2.45, 2.75) is 38.3 Å². The number of carboxylic acid groups (broad SMARTS) is 1. The summed E-state index contributed by atoms with van der Waals surface area (Å²) in [4.78, 5) is 23.3. The van der Waals surface area contributed by atoms with Crippen LogP contribution in [0.15, 0.2) is 0 Å². The van der Waals surface area contributed by atoms with Crippen molar-refractivity contribution in [2.75, 3.05) is 19.8 Å². The first-order chi connectivity index (χ1) is 9.13. The number of rotatable bonds is 5. The summed E-state index contributed by atoms with van der Waals surface area (Å²) in [6.45, 7) is 3.73. The van der Waals surface area contributed by atoms with Crippen molar-refractivity contribution in [3.05, 3.63) is 0 Å². The van der Waals surface area contributed by atoms with Gasteiger partial charge in [-0.2, -0.15) is 0 Å². The van der Waals surface area contributed by atoms with Gasteiger partial charge in [0.25, 0.3) is 0 Å². The molecule has 0 radical (unpaired) electrons. The van der Waals surface area contributed by atoms with Crippen LogP contribution in [0.5, 0.6) is 0 Å². The average Bonchev–Trinajstić information content (AvgIpc) is 2.98. The van der Waals surface area contributed by atoms with E-state index in [4.69, 9.17) is 9.84 Å². The van der Waals surface area contributed by atoms with E-state index in [1.54, 1.807) is 0 Å². The Hall–Kier alpha value is -1.14. The van der Waals surface area contributed by atoms with E-state index in [0.717, 1.165) is 19.4 Å². The second-order valence-electron chi connectivity index (χ2n) is 5.30. The van der Waals surface area contributed by atoms with Crippen molar-refractivity contribution in [3.63, 3.8) is 0 Å². The van der Waals surface area contributed by atoms with Gasteiger partial charge in [-0.3, -0.25) is 9.59 Å². The van der Waals surface area contributed by atoms with Gasteiger partial charge in [0, 0.05) is 12.1 Å². The quantitative estimate of drug-likeness (QED) is 0.653. The highest BCUT2D eigenvalue weighted by Gasteiger charge is 2.38. The second kappa shape index (κ2) is 6.34. The molecule has 6 nitrogen and oxygen atoms in total. The highest BCUT2D eigenvalue weighted by Crippen LogP contribution is 2.26. The summed E-state index contributed by atoms with van der Waals surface area (Å²) in [5, 5.41) is 15.2. The normalized spacial score (nSPS) is 34.4. The maximum atomic E-state index is 12.2. The van der Waals surface area contributed by atoms with Crippen molar-refractivity contribution in [1.29, 1.82) is 0 Å². The van der Waals surface area contributed by atoms with Gasteiger partial charge in [-0.15, -0.1) is 0 Å². The lowest BCUT2D eigenvalue weighted by Gasteiger charge is -2.22. The molecule has 6 heteroatoms. The summed E-state index contributed by atoms with van der Waals surface area (Å²) in [5.74, 6) is -1.55. The van der Waals surface area contributed by atoms with Gasteiger partial charge in [-0.1, -0.05) is 13.3 Å². The third-order valence-corrected chi connectivity index (χ3v) is 4.04. The summed E-state index contributed by atoms with van der Waals surface area (Å²) in [5.41, 5.74) is 0. The molecule has 1 saturated heterocycles. The third-order valence-electron chi connectivity index (χ3n) is 4.04. The van der Waals surface area contributed by atoms with E-state index in [-0.39, 0.29) is 23.9 Å². The first kappa shape index (κ1) is 14.3. The Labute approximate surface area is 112 Å². The van der Waals surface area contributed by atoms with Crippen LogP contribution in [0.2, 0.25) is 0 Å². The highest BCUT2D eigenvalue weighted by atomic mass is 16.5. The number of carboxylic acids is 1. The lowest BCUT2D eigenvalue weighted by atomic mass is 9.99. The van der Waals surface area contributed by atoms with Crippen LogP contribution < -0.4 is 10.6 Å². The SMILES string of the molecule is CCNC1COCC1C(=O)NC1CCCC1C(=O)O. The Morgan fingerprint density at radius 3 is 2.68 bits per heavy atom. The third kappa shape index (κ3) is 3.25. The smallest absolute Gasteiger partial charge is 0.308 e. The number of likely N-dealkylation sites (N-methyl/N-ethyl adjacent to an activating group) is 1. The Balaban J connectivity index is 1.91. The van der Waals surface area contributed by atoms with Gasteiger partial charge >= 0.3 is 5.97 Å². The number of hydrogen-bond donors (Lipinski definition) is 3. The number of aliphatic carboxylic acids is 1. The van der Waals surface area contributed by atoms with Crippen LogP contribution in [-0.4, -0.2) is 48.8 Å². The fourth-order valence-corrected chi connectivity index (χ4v) is 2.99. The van der Waals surface area contributed by atoms with Crippen LogP contribution in [0.4, 0.5) is 0 Å². The van der Waals surface area contributed by atoms with Crippen molar-refractivity contribution < 1.29 is 19.4 Å². The number of ether oxygens (including phenoxy) is 1. The highest BCUT2D eigenvalue weighted by molar-refractivity contribution is 5.81. The largest absolute Gasteiger partial charge is 0.481 e. The standard InChI is InChI=1S/C13H22N2O4/c1-2-14-11-7-19-6-9(11)12(16)15-10-5-3-4-8(10)13(17)18/h8-11,14H,2-7H2,1H3,(H,15,16)(H,17,18). The van der Waals surface area contributed by atoms with E-state index in [1.165, 1.54) is 0 Å². The summed E-state index contributed by atoms with van der Waals surface area (Å²) >= 11 is 0. The molecule has 2 fully saturated rings. The zero-order valence-corrected chi connectivity index (χ0v) is 11.2. The van der Waals surface area contributed by atoms with Crippen molar-refractivity contribution in [2.24, 2.45) is 11.8 Å². The fraction of sp³-hybridized carbons (Fsp3) is 0.846. The van der Waals surface area contributed by atoms with Gasteiger partial charge in [0.05, 0.1) is 25.0 Å². The van der Waals surface area contributed by atoms with Crippen LogP contribution in [0.1, 0.15) is 26.2 Å². The monoisotopic (exact) mass is 270 g/mol. The van der Waals surface area contributed by atoms with Gasteiger partial charge in [0.15, 0.2) is 0 Å². The minimum absolute atomic E-state index is 0.0367. The van der Waals surface area contributed by atoms with Gasteiger partial charge < -0.3 is 20.5 Å². The van der Waals surface area contributed by atoms with E-state index in [9.17, 15) is 9.59 Å². The number of hydrogen-bond acceptors (Lipinski definition) is 4. The van der Waals surface area contributed by atoms with Gasteiger partial charge in [-0.05, 0) is 19.4 Å². The van der Waals surface area contributed by atoms with E-state index < -0.39 is 11.9 Å². The van der Waals surface area contributed by atoms with Crippen molar-refractivity contribution in [1.82, 2.24) is 10.6 Å². The predicted molar refractivity (Wildman–Crippen MR) is 68.7 cm³/mol. The van der Waals surface area contributed by atoms with E-state index >= 15 is 0 Å². The average molecular weight is 270 g/mol. The molecule has 1 amide bonds. The Morgan fingerprint density at radius 1 is 1.21 bits per heavy atom. The Kier molecular flexibility index (Phi) is 4.76. The predicted octanol–water partition coefficient (Wildman–Crippen LogP) is -0.0196. The van der Waals surface area contributed by atoms with Crippen LogP contribution in [0.25, 0.3) is 0 Å². The van der Waals surface area contributed by atoms with Crippen LogP contribution in [0, 0.1) is 11.8 Å². The lowest BCUT2D eigenvalue weighted by Crippen LogP contribution is -2.48. The first-order valence-electron chi connectivity index (χ1n) is 6.97. The molecule has 4 atom stereocenters. The molecule has 0 bridgehead atoms. The molecule has 2 aliphatic rings. The first-order valence-corrected chi connectivity index (χ1v) is 6.97. The van der Waals surface area contributed by atoms with Crippen molar-refractivity contribution >= 4 is 11.9 Å². The Morgan fingerprint density at radius 2 is 2.00 bits per heavy atom. The lowest BCUT2D eigenvalue weighted by molar-refractivity contribution is -0.142. The summed E-state index contributed by atoms with van der Waals surface area (Å²) in [7, 11) is 0. The molecular weight excluding hydrogens is 248 g/mol. The minimum Gasteiger partial charge on any atom is -0.481 e.